The summed E-state index contributed by atoms with van der Waals surface area (Å²) in [5.41, 5.74) is 3.63. The van der Waals surface area contributed by atoms with Gasteiger partial charge in [-0.05, 0) is 28.8 Å². The van der Waals surface area contributed by atoms with E-state index < -0.39 is 11.1 Å². The molecular formula is C16H11FO2S4. The van der Waals surface area contributed by atoms with Crippen molar-refractivity contribution in [2.24, 2.45) is 0 Å². The third kappa shape index (κ3) is 3.81. The van der Waals surface area contributed by atoms with Crippen molar-refractivity contribution in [3.05, 3.63) is 63.7 Å². The minimum absolute atomic E-state index is 0.116. The van der Waals surface area contributed by atoms with Crippen LogP contribution in [0.5, 0.6) is 0 Å². The predicted molar refractivity (Wildman–Crippen MR) is 98.3 cm³/mol. The normalized spacial score (nSPS) is 12.3. The van der Waals surface area contributed by atoms with Gasteiger partial charge in [-0.3, -0.25) is 0 Å². The van der Waals surface area contributed by atoms with Crippen molar-refractivity contribution in [2.75, 3.05) is 0 Å². The molecule has 118 valence electrons. The van der Waals surface area contributed by atoms with Crippen LogP contribution in [0.4, 0.5) is 4.39 Å². The van der Waals surface area contributed by atoms with Gasteiger partial charge in [0.15, 0.2) is 11.1 Å². The molecule has 2 nitrogen and oxygen atoms in total. The molecule has 1 atom stereocenters. The summed E-state index contributed by atoms with van der Waals surface area (Å²) in [5, 5.41) is 0. The van der Waals surface area contributed by atoms with Gasteiger partial charge in [0.05, 0.1) is 10.6 Å². The molecule has 1 aromatic heterocycles. The molecule has 0 saturated carbocycles. The fraction of sp³-hybridized carbons (Fsp3) is 0.0625. The third-order valence-corrected chi connectivity index (χ3v) is 6.92. The minimum atomic E-state index is -1.85. The molecule has 3 aromatic rings. The van der Waals surface area contributed by atoms with Crippen molar-refractivity contribution in [1.82, 2.24) is 0 Å². The fourth-order valence-electron chi connectivity index (χ4n) is 2.21. The number of hydrogen-bond donors (Lipinski definition) is 1. The molecule has 0 spiro atoms. The van der Waals surface area contributed by atoms with Gasteiger partial charge in [-0.25, -0.2) is 8.60 Å². The van der Waals surface area contributed by atoms with Crippen LogP contribution in [-0.2, 0) is 16.8 Å². The van der Waals surface area contributed by atoms with Gasteiger partial charge < -0.3 is 4.55 Å². The van der Waals surface area contributed by atoms with Crippen molar-refractivity contribution < 1.29 is 13.2 Å². The van der Waals surface area contributed by atoms with E-state index >= 15 is 0 Å². The molecule has 23 heavy (non-hydrogen) atoms. The van der Waals surface area contributed by atoms with Crippen LogP contribution >= 0.6 is 32.9 Å². The van der Waals surface area contributed by atoms with Gasteiger partial charge in [0.25, 0.3) is 0 Å². The van der Waals surface area contributed by atoms with E-state index in [1.54, 1.807) is 22.5 Å². The second-order valence-electron chi connectivity index (χ2n) is 4.83. The van der Waals surface area contributed by atoms with E-state index in [9.17, 15) is 8.60 Å². The molecule has 0 fully saturated rings. The second-order valence-corrected chi connectivity index (χ2v) is 8.58. The van der Waals surface area contributed by atoms with E-state index in [0.29, 0.717) is 0 Å². The molecule has 7 heteroatoms. The topological polar surface area (TPSA) is 37.3 Å². The first-order valence-electron chi connectivity index (χ1n) is 6.60. The fourth-order valence-corrected chi connectivity index (χ4v) is 5.60. The van der Waals surface area contributed by atoms with Crippen molar-refractivity contribution in [2.45, 2.75) is 5.75 Å². The quantitative estimate of drug-likeness (QED) is 0.355. The number of rotatable bonds is 4. The monoisotopic (exact) mass is 382 g/mol. The van der Waals surface area contributed by atoms with E-state index in [2.05, 4.69) is 0 Å². The van der Waals surface area contributed by atoms with Crippen LogP contribution < -0.4 is 0 Å². The number of hydrogen-bond acceptors (Lipinski definition) is 4. The van der Waals surface area contributed by atoms with Crippen LogP contribution in [0.15, 0.2) is 48.5 Å². The maximum Gasteiger partial charge on any atom is 0.157 e. The summed E-state index contributed by atoms with van der Waals surface area (Å²) in [7, 11) is 3.10. The van der Waals surface area contributed by atoms with Crippen molar-refractivity contribution >= 4 is 44.0 Å². The van der Waals surface area contributed by atoms with Crippen LogP contribution in [0.2, 0.25) is 0 Å². The summed E-state index contributed by atoms with van der Waals surface area (Å²) in [6.07, 6.45) is 0. The van der Waals surface area contributed by atoms with Gasteiger partial charge >= 0.3 is 0 Å². The Morgan fingerprint density at radius 1 is 1.00 bits per heavy atom. The van der Waals surface area contributed by atoms with E-state index in [-0.39, 0.29) is 11.6 Å². The molecule has 0 bridgehead atoms. The lowest BCUT2D eigenvalue weighted by Crippen LogP contribution is -1.92. The average Bonchev–Trinajstić information content (AvgIpc) is 2.90. The molecule has 0 aliphatic rings. The summed E-state index contributed by atoms with van der Waals surface area (Å²) < 4.78 is 33.7. The Morgan fingerprint density at radius 3 is 2.22 bits per heavy atom. The van der Waals surface area contributed by atoms with Gasteiger partial charge in [-0.2, -0.15) is 0 Å². The van der Waals surface area contributed by atoms with Gasteiger partial charge in [0, 0.05) is 5.56 Å². The Hall–Kier alpha value is -1.25. The van der Waals surface area contributed by atoms with Crippen molar-refractivity contribution in [3.8, 4) is 21.6 Å². The first-order valence-corrected chi connectivity index (χ1v) is 10.4. The zero-order valence-electron chi connectivity index (χ0n) is 11.7. The summed E-state index contributed by atoms with van der Waals surface area (Å²) in [6, 6.07) is 13.8. The first-order chi connectivity index (χ1) is 11.0. The molecule has 0 aliphatic heterocycles. The van der Waals surface area contributed by atoms with Gasteiger partial charge in [-0.1, -0.05) is 69.3 Å². The Labute approximate surface area is 147 Å². The minimum Gasteiger partial charge on any atom is -0.306 e. The highest BCUT2D eigenvalue weighted by atomic mass is 32.9. The SMILES string of the molecule is O=S(O)Cc1ccc(-c2ssc(=S)c2-c2ccc(F)cc2)cc1. The summed E-state index contributed by atoms with van der Waals surface area (Å²) in [6.45, 7) is 0. The van der Waals surface area contributed by atoms with Crippen LogP contribution in [0.1, 0.15) is 5.56 Å². The molecule has 0 aliphatic carbocycles. The molecule has 0 amide bonds. The molecule has 0 radical (unpaired) electrons. The molecule has 1 unspecified atom stereocenters. The van der Waals surface area contributed by atoms with Crippen LogP contribution in [0.3, 0.4) is 0 Å². The van der Waals surface area contributed by atoms with Gasteiger partial charge in [-0.15, -0.1) is 0 Å². The molecule has 3 rings (SSSR count). The zero-order chi connectivity index (χ0) is 16.4. The number of benzene rings is 2. The highest BCUT2D eigenvalue weighted by Gasteiger charge is 2.13. The van der Waals surface area contributed by atoms with Crippen molar-refractivity contribution in [3.63, 3.8) is 0 Å². The summed E-state index contributed by atoms with van der Waals surface area (Å²) >= 11 is 3.59. The maximum absolute atomic E-state index is 13.1. The van der Waals surface area contributed by atoms with Crippen molar-refractivity contribution in [1.29, 1.82) is 0 Å². The predicted octanol–water partition coefficient (Wildman–Crippen LogP) is 5.73. The molecule has 2 aromatic carbocycles. The summed E-state index contributed by atoms with van der Waals surface area (Å²) in [5.74, 6) is -0.161. The highest BCUT2D eigenvalue weighted by Crippen LogP contribution is 2.41. The van der Waals surface area contributed by atoms with E-state index in [1.807, 2.05) is 24.3 Å². The Bertz CT molecular complexity index is 895. The zero-order valence-corrected chi connectivity index (χ0v) is 15.0. The largest absolute Gasteiger partial charge is 0.306 e. The molecule has 0 saturated heterocycles. The van der Waals surface area contributed by atoms with Crippen LogP contribution in [0.25, 0.3) is 21.6 Å². The van der Waals surface area contributed by atoms with E-state index in [4.69, 9.17) is 16.8 Å². The Balaban J connectivity index is 2.02. The molecule has 1 N–H and O–H groups in total. The Morgan fingerprint density at radius 2 is 1.61 bits per heavy atom. The third-order valence-electron chi connectivity index (χ3n) is 3.27. The second kappa shape index (κ2) is 7.11. The Kier molecular flexibility index (Phi) is 5.13. The molecular weight excluding hydrogens is 371 g/mol. The average molecular weight is 383 g/mol. The van der Waals surface area contributed by atoms with E-state index in [1.165, 1.54) is 22.5 Å². The van der Waals surface area contributed by atoms with Gasteiger partial charge in [0.1, 0.15) is 9.64 Å². The van der Waals surface area contributed by atoms with Crippen LogP contribution in [-0.4, -0.2) is 8.76 Å². The number of halogens is 1. The van der Waals surface area contributed by atoms with Gasteiger partial charge in [0.2, 0.25) is 0 Å². The van der Waals surface area contributed by atoms with E-state index in [0.717, 1.165) is 31.0 Å². The summed E-state index contributed by atoms with van der Waals surface area (Å²) in [4.78, 5) is 1.03. The first kappa shape index (κ1) is 16.6. The molecule has 1 heterocycles. The lowest BCUT2D eigenvalue weighted by atomic mass is 10.0. The highest BCUT2D eigenvalue weighted by molar-refractivity contribution is 7.80. The standard InChI is InChI=1S/C16H11FO2S4/c17-13-7-5-11(6-8-13)14-15(21-22-16(14)20)12-3-1-10(2-4-12)9-23(18)19/h1-8H,9H2,(H,18,19). The lowest BCUT2D eigenvalue weighted by Gasteiger charge is -2.05. The maximum atomic E-state index is 13.1. The lowest BCUT2D eigenvalue weighted by molar-refractivity contribution is 0.563. The smallest absolute Gasteiger partial charge is 0.157 e. The van der Waals surface area contributed by atoms with Crippen LogP contribution in [0, 0.1) is 9.64 Å².